The molecule has 3 aliphatic rings. The lowest BCUT2D eigenvalue weighted by molar-refractivity contribution is 0.435. The highest BCUT2D eigenvalue weighted by Crippen LogP contribution is 2.59. The molecule has 0 radical (unpaired) electrons. The number of hydrogen-bond donors (Lipinski definition) is 0. The molecule has 3 heterocycles. The van der Waals surface area contributed by atoms with E-state index in [4.69, 9.17) is 4.74 Å². The highest BCUT2D eigenvalue weighted by molar-refractivity contribution is 6.99. The van der Waals surface area contributed by atoms with Crippen molar-refractivity contribution < 1.29 is 4.74 Å². The summed E-state index contributed by atoms with van der Waals surface area (Å²) in [5.41, 5.74) is 31.7. The molecule has 1 spiro atoms. The van der Waals surface area contributed by atoms with Gasteiger partial charge in [-0.25, -0.2) is 0 Å². The van der Waals surface area contributed by atoms with Crippen molar-refractivity contribution >= 4 is 40.2 Å². The van der Waals surface area contributed by atoms with Crippen LogP contribution in [0.15, 0.2) is 224 Å². The fourth-order valence-electron chi connectivity index (χ4n) is 15.6. The minimum Gasteiger partial charge on any atom is -0.457 e. The Balaban J connectivity index is 1.23. The number of rotatable bonds is 6. The van der Waals surface area contributed by atoms with Crippen molar-refractivity contribution in [3.63, 3.8) is 0 Å². The molecule has 3 heteroatoms. The quantitative estimate of drug-likeness (QED) is 0.154. The maximum atomic E-state index is 7.25. The first-order chi connectivity index (χ1) is 46.0. The van der Waals surface area contributed by atoms with Crippen molar-refractivity contribution in [2.75, 3.05) is 4.90 Å². The molecule has 0 bridgehead atoms. The van der Waals surface area contributed by atoms with Gasteiger partial charge in [0.05, 0.1) is 11.1 Å². The Kier molecular flexibility index (Phi) is 15.6. The summed E-state index contributed by atoms with van der Waals surface area (Å²) in [5, 5.41) is 0. The summed E-state index contributed by atoms with van der Waals surface area (Å²) in [4.78, 5) is 2.77. The Labute approximate surface area is 587 Å². The van der Waals surface area contributed by atoms with Gasteiger partial charge in [-0.1, -0.05) is 333 Å². The topological polar surface area (TPSA) is 12.5 Å². The minimum atomic E-state index is -0.866. The highest BCUT2D eigenvalue weighted by atomic mass is 16.5. The largest absolute Gasteiger partial charge is 0.457 e. The second-order valence-corrected chi connectivity index (χ2v) is 35.9. The van der Waals surface area contributed by atoms with Crippen molar-refractivity contribution in [2.24, 2.45) is 0 Å². The smallest absolute Gasteiger partial charge is 0.247 e. The molecule has 14 rings (SSSR count). The zero-order valence-corrected chi connectivity index (χ0v) is 62.3. The van der Waals surface area contributed by atoms with Gasteiger partial charge in [0.2, 0.25) is 6.71 Å². The first kappa shape index (κ1) is 66.3. The van der Waals surface area contributed by atoms with E-state index in [0.717, 1.165) is 28.3 Å². The molecule has 98 heavy (non-hydrogen) atoms. The third-order valence-electron chi connectivity index (χ3n) is 21.6. The van der Waals surface area contributed by atoms with E-state index in [-0.39, 0.29) is 44.6 Å². The molecule has 2 nitrogen and oxygen atoms in total. The Hall–Kier alpha value is -8.92. The molecule has 0 aromatic heterocycles. The Morgan fingerprint density at radius 3 is 1.03 bits per heavy atom. The predicted molar refractivity (Wildman–Crippen MR) is 422 cm³/mol. The number of nitrogens with zero attached hydrogens (tertiary/aromatic N) is 1. The Morgan fingerprint density at radius 1 is 0.265 bits per heavy atom. The molecule has 0 N–H and O–H groups in total. The van der Waals surface area contributed by atoms with E-state index in [1.165, 1.54) is 133 Å². The van der Waals surface area contributed by atoms with Crippen molar-refractivity contribution in [2.45, 2.75) is 189 Å². The summed E-state index contributed by atoms with van der Waals surface area (Å²) < 4.78 is 7.25. The van der Waals surface area contributed by atoms with Crippen LogP contribution in [-0.4, -0.2) is 6.71 Å². The third-order valence-corrected chi connectivity index (χ3v) is 21.6. The molecule has 0 aliphatic carbocycles. The molecular weight excluding hydrogens is 1180 g/mol. The summed E-state index contributed by atoms with van der Waals surface area (Å²) in [6.07, 6.45) is 0. The van der Waals surface area contributed by atoms with Gasteiger partial charge in [-0.2, -0.15) is 0 Å². The fourth-order valence-corrected chi connectivity index (χ4v) is 15.6. The van der Waals surface area contributed by atoms with Crippen molar-refractivity contribution in [3.05, 3.63) is 286 Å². The van der Waals surface area contributed by atoms with E-state index in [1.54, 1.807) is 0 Å². The van der Waals surface area contributed by atoms with Crippen LogP contribution in [0.1, 0.15) is 207 Å². The number of para-hydroxylation sites is 2. The van der Waals surface area contributed by atoms with Crippen molar-refractivity contribution in [1.29, 1.82) is 0 Å². The molecule has 11 aromatic rings. The Morgan fingerprint density at radius 2 is 0.612 bits per heavy atom. The van der Waals surface area contributed by atoms with Crippen LogP contribution in [0, 0.1) is 0 Å². The summed E-state index contributed by atoms with van der Waals surface area (Å²) in [6, 6.07) is 88.3. The van der Waals surface area contributed by atoms with Crippen LogP contribution in [0.2, 0.25) is 0 Å². The maximum Gasteiger partial charge on any atom is 0.247 e. The van der Waals surface area contributed by atoms with E-state index in [1.807, 2.05) is 0 Å². The summed E-state index contributed by atoms with van der Waals surface area (Å²) in [7, 11) is 0. The van der Waals surface area contributed by atoms with Crippen LogP contribution in [0.5, 0.6) is 11.5 Å². The van der Waals surface area contributed by atoms with E-state index >= 15 is 0 Å². The normalized spacial score (nSPS) is 14.3. The lowest BCUT2D eigenvalue weighted by atomic mass is 9.29. The van der Waals surface area contributed by atoms with Crippen LogP contribution >= 0.6 is 0 Å². The van der Waals surface area contributed by atoms with Crippen LogP contribution in [0.25, 0.3) is 55.6 Å². The van der Waals surface area contributed by atoms with Gasteiger partial charge in [-0.05, 0) is 186 Å². The van der Waals surface area contributed by atoms with Gasteiger partial charge in [0.1, 0.15) is 11.5 Å². The van der Waals surface area contributed by atoms with E-state index < -0.39 is 5.41 Å². The lowest BCUT2D eigenvalue weighted by Gasteiger charge is -2.51. The second kappa shape index (κ2) is 23.1. The van der Waals surface area contributed by atoms with Gasteiger partial charge in [0.25, 0.3) is 0 Å². The summed E-state index contributed by atoms with van der Waals surface area (Å²) in [5.74, 6) is 1.74. The minimum absolute atomic E-state index is 0.0821. The van der Waals surface area contributed by atoms with Gasteiger partial charge in [-0.15, -0.1) is 0 Å². The standard InChI is InChI=1S/C95H100BNO/c1-88(2,3)67-44-63(45-68(54-67)89(4,5)6)61-40-42-76-81(51-61)96-80-43-41-62(64-46-69(90(7,8)9)55-70(47-64)91(10,11)12)52-82(80)97(87-74(59-32-24-22-25-33-59)57-73(94(19,20)21)58-75(87)60-34-26-23-27-35-60)83-53-66(65-48-71(92(13,14)15)56-72(49-65)93(16,17)18)50-79(86(83)96)95(76)77-36-28-30-38-84(77)98-85-39-31-29-37-78(85)95/h22-58H,1-21H3. The van der Waals surface area contributed by atoms with Gasteiger partial charge >= 0.3 is 0 Å². The summed E-state index contributed by atoms with van der Waals surface area (Å²) in [6.45, 7) is 49.4. The summed E-state index contributed by atoms with van der Waals surface area (Å²) >= 11 is 0. The lowest BCUT2D eigenvalue weighted by Crippen LogP contribution is -2.65. The number of benzene rings is 11. The zero-order valence-electron chi connectivity index (χ0n) is 62.3. The molecule has 0 saturated heterocycles. The van der Waals surface area contributed by atoms with Gasteiger partial charge in [0.15, 0.2) is 0 Å². The molecule has 0 atom stereocenters. The SMILES string of the molecule is CC(C)(C)c1cc(-c2ccc3c(c2)B2c4ccc(-c5cc(C(C)(C)C)cc(C(C)(C)C)c5)cc4N(c4c(-c5ccccc5)cc(C(C)(C)C)cc4-c4ccccc4)c4cc(-c5cc(C(C)(C)C)cc(C(C)(C)C)c5)cc(c42)C32c3ccccc3Oc3ccccc32)cc(C(C)(C)C)c1. The molecule has 3 aliphatic heterocycles. The maximum absolute atomic E-state index is 7.25. The Bertz CT molecular complexity index is 4770. The van der Waals surface area contributed by atoms with E-state index in [2.05, 4.69) is 375 Å². The van der Waals surface area contributed by atoms with E-state index in [9.17, 15) is 0 Å². The molecule has 0 amide bonds. The molecule has 11 aromatic carbocycles. The number of anilines is 3. The average Bonchev–Trinajstić information content (AvgIpc) is 0.665. The van der Waals surface area contributed by atoms with Gasteiger partial charge in [0, 0.05) is 33.6 Å². The first-order valence-corrected chi connectivity index (χ1v) is 35.9. The number of hydrogen-bond acceptors (Lipinski definition) is 2. The van der Waals surface area contributed by atoms with E-state index in [0.29, 0.717) is 0 Å². The zero-order chi connectivity index (χ0) is 69.8. The molecule has 0 unspecified atom stereocenters. The van der Waals surface area contributed by atoms with Gasteiger partial charge in [-0.3, -0.25) is 0 Å². The average molecular weight is 1280 g/mol. The molecule has 0 fully saturated rings. The third kappa shape index (κ3) is 11.5. The van der Waals surface area contributed by atoms with Crippen molar-refractivity contribution in [3.8, 4) is 67.1 Å². The van der Waals surface area contributed by atoms with Crippen molar-refractivity contribution in [1.82, 2.24) is 0 Å². The monoisotopic (exact) mass is 1280 g/mol. The van der Waals surface area contributed by atoms with Crippen LogP contribution in [0.4, 0.5) is 17.1 Å². The van der Waals surface area contributed by atoms with Crippen LogP contribution < -0.4 is 26.0 Å². The number of ether oxygens (including phenoxy) is 1. The van der Waals surface area contributed by atoms with Gasteiger partial charge < -0.3 is 9.64 Å². The first-order valence-electron chi connectivity index (χ1n) is 35.9. The fraction of sp³-hybridized carbons (Fsp3) is 0.305. The molecule has 0 saturated carbocycles. The number of fused-ring (bicyclic) bond motifs is 10. The van der Waals surface area contributed by atoms with Crippen LogP contribution in [-0.2, 0) is 43.3 Å². The van der Waals surface area contributed by atoms with Crippen LogP contribution in [0.3, 0.4) is 0 Å². The second-order valence-electron chi connectivity index (χ2n) is 35.9. The molecular formula is C95H100BNO. The predicted octanol–water partition coefficient (Wildman–Crippen LogP) is 24.2. The highest BCUT2D eigenvalue weighted by Gasteiger charge is 2.55. The molecule has 494 valence electrons.